The molecule has 1 amide bonds. The molecule has 1 aromatic heterocycles. The van der Waals surface area contributed by atoms with Crippen LogP contribution in [0, 0.1) is 10.7 Å². The van der Waals surface area contributed by atoms with Gasteiger partial charge in [-0.15, -0.1) is 5.10 Å². The van der Waals surface area contributed by atoms with Crippen LogP contribution in [0.25, 0.3) is 0 Å². The predicted molar refractivity (Wildman–Crippen MR) is 67.8 cm³/mol. The van der Waals surface area contributed by atoms with Crippen molar-refractivity contribution in [1.29, 1.82) is 0 Å². The maximum Gasteiger partial charge on any atom is 0.284 e. The van der Waals surface area contributed by atoms with Gasteiger partial charge in [0, 0.05) is 18.7 Å². The Labute approximate surface area is 113 Å². The van der Waals surface area contributed by atoms with Gasteiger partial charge in [0.2, 0.25) is 11.8 Å². The number of benzene rings is 1. The smallest absolute Gasteiger partial charge is 0.284 e. The van der Waals surface area contributed by atoms with Crippen molar-refractivity contribution >= 4 is 23.8 Å². The molecule has 1 fully saturated rings. The zero-order valence-corrected chi connectivity index (χ0v) is 10.6. The molecule has 1 aromatic carbocycles. The number of carbonyl (C=O) groups is 1. The number of halogens is 1. The van der Waals surface area contributed by atoms with E-state index in [0.717, 1.165) is 0 Å². The van der Waals surface area contributed by atoms with Gasteiger partial charge in [-0.05, 0) is 30.4 Å². The molecule has 19 heavy (non-hydrogen) atoms. The summed E-state index contributed by atoms with van der Waals surface area (Å²) in [5.41, 5.74) is 0.543. The lowest BCUT2D eigenvalue weighted by Gasteiger charge is -2.15. The number of nitrogens with one attached hydrogen (secondary N) is 1. The Kier molecular flexibility index (Phi) is 2.90. The normalized spacial score (nSPS) is 19.1. The third-order valence-electron chi connectivity index (χ3n) is 3.05. The predicted octanol–water partition coefficient (Wildman–Crippen LogP) is 2.39. The molecule has 0 aliphatic carbocycles. The first kappa shape index (κ1) is 12.0. The minimum atomic E-state index is -0.369. The van der Waals surface area contributed by atoms with E-state index in [-0.39, 0.29) is 28.9 Å². The quantitative estimate of drug-likeness (QED) is 0.857. The molecule has 1 atom stereocenters. The summed E-state index contributed by atoms with van der Waals surface area (Å²) in [7, 11) is 0. The second-order valence-corrected chi connectivity index (χ2v) is 4.71. The molecule has 1 unspecified atom stereocenters. The van der Waals surface area contributed by atoms with Crippen LogP contribution < -0.4 is 4.90 Å². The van der Waals surface area contributed by atoms with E-state index < -0.39 is 0 Å². The average Bonchev–Trinajstić information content (AvgIpc) is 2.95. The van der Waals surface area contributed by atoms with Crippen LogP contribution in [0.1, 0.15) is 18.2 Å². The number of aromatic nitrogens is 2. The van der Waals surface area contributed by atoms with E-state index in [9.17, 15) is 9.18 Å². The number of carbonyl (C=O) groups excluding carboxylic acids is 1. The monoisotopic (exact) mass is 279 g/mol. The maximum absolute atomic E-state index is 13.2. The minimum Gasteiger partial charge on any atom is -0.414 e. The fourth-order valence-electron chi connectivity index (χ4n) is 2.18. The van der Waals surface area contributed by atoms with E-state index in [1.165, 1.54) is 17.0 Å². The molecule has 2 heterocycles. The van der Waals surface area contributed by atoms with Gasteiger partial charge >= 0.3 is 0 Å². The van der Waals surface area contributed by atoms with Crippen molar-refractivity contribution in [2.24, 2.45) is 0 Å². The first-order chi connectivity index (χ1) is 9.13. The van der Waals surface area contributed by atoms with Gasteiger partial charge in [0.15, 0.2) is 0 Å². The van der Waals surface area contributed by atoms with Crippen LogP contribution >= 0.6 is 12.2 Å². The van der Waals surface area contributed by atoms with Crippen LogP contribution in [-0.4, -0.2) is 22.6 Å². The first-order valence-corrected chi connectivity index (χ1v) is 6.15. The highest BCUT2D eigenvalue weighted by molar-refractivity contribution is 7.71. The fraction of sp³-hybridized carbons (Fsp3) is 0.250. The molecule has 3 rings (SSSR count). The van der Waals surface area contributed by atoms with Crippen molar-refractivity contribution in [2.45, 2.75) is 12.3 Å². The molecule has 2 aromatic rings. The summed E-state index contributed by atoms with van der Waals surface area (Å²) >= 11 is 4.80. The summed E-state index contributed by atoms with van der Waals surface area (Å²) in [4.78, 5) is 13.7. The standard InChI is InChI=1S/C12H10FN3O2S/c13-8-2-1-3-9(5-8)16-6-7(4-10(16)17)11-14-15-12(19)18-11/h1-3,5,7H,4,6H2,(H,15,19). The van der Waals surface area contributed by atoms with Gasteiger partial charge < -0.3 is 9.32 Å². The van der Waals surface area contributed by atoms with Crippen molar-refractivity contribution in [3.8, 4) is 0 Å². The number of anilines is 1. The van der Waals surface area contributed by atoms with E-state index in [2.05, 4.69) is 10.2 Å². The van der Waals surface area contributed by atoms with E-state index in [4.69, 9.17) is 16.6 Å². The molecule has 0 bridgehead atoms. The van der Waals surface area contributed by atoms with E-state index in [1.807, 2.05) is 0 Å². The summed E-state index contributed by atoms with van der Waals surface area (Å²) in [6, 6.07) is 5.95. The second kappa shape index (κ2) is 4.58. The molecule has 5 nitrogen and oxygen atoms in total. The van der Waals surface area contributed by atoms with Gasteiger partial charge in [0.05, 0.1) is 5.92 Å². The summed E-state index contributed by atoms with van der Waals surface area (Å²) < 4.78 is 18.4. The third-order valence-corrected chi connectivity index (χ3v) is 3.22. The molecule has 1 aliphatic heterocycles. The zero-order valence-electron chi connectivity index (χ0n) is 9.80. The molecule has 1 aliphatic rings. The zero-order chi connectivity index (χ0) is 13.4. The largest absolute Gasteiger partial charge is 0.414 e. The number of aromatic amines is 1. The third kappa shape index (κ3) is 2.28. The molecule has 1 saturated heterocycles. The van der Waals surface area contributed by atoms with Crippen LogP contribution in [0.5, 0.6) is 0 Å². The summed E-state index contributed by atoms with van der Waals surface area (Å²) in [6.07, 6.45) is 0.277. The number of H-pyrrole nitrogens is 1. The van der Waals surface area contributed by atoms with Crippen molar-refractivity contribution in [2.75, 3.05) is 11.4 Å². The highest BCUT2D eigenvalue weighted by Crippen LogP contribution is 2.30. The Morgan fingerprint density at radius 2 is 2.37 bits per heavy atom. The number of amides is 1. The Balaban J connectivity index is 1.86. The first-order valence-electron chi connectivity index (χ1n) is 5.75. The van der Waals surface area contributed by atoms with Gasteiger partial charge in [-0.2, -0.15) is 0 Å². The van der Waals surface area contributed by atoms with Crippen LogP contribution in [0.2, 0.25) is 0 Å². The van der Waals surface area contributed by atoms with Crippen molar-refractivity contribution in [3.05, 3.63) is 40.8 Å². The lowest BCUT2D eigenvalue weighted by atomic mass is 10.1. The molecule has 98 valence electrons. The van der Waals surface area contributed by atoms with Gasteiger partial charge in [0.1, 0.15) is 5.82 Å². The topological polar surface area (TPSA) is 62.1 Å². The molecular weight excluding hydrogens is 269 g/mol. The van der Waals surface area contributed by atoms with E-state index in [0.29, 0.717) is 18.1 Å². The number of rotatable bonds is 2. The molecule has 7 heteroatoms. The van der Waals surface area contributed by atoms with Crippen molar-refractivity contribution in [1.82, 2.24) is 10.2 Å². The van der Waals surface area contributed by atoms with Gasteiger partial charge in [0.25, 0.3) is 4.84 Å². The Morgan fingerprint density at radius 1 is 1.53 bits per heavy atom. The van der Waals surface area contributed by atoms with Crippen molar-refractivity contribution in [3.63, 3.8) is 0 Å². The maximum atomic E-state index is 13.2. The summed E-state index contributed by atoms with van der Waals surface area (Å²) in [6.45, 7) is 0.408. The Hall–Kier alpha value is -2.02. The Bertz CT molecular complexity index is 681. The summed E-state index contributed by atoms with van der Waals surface area (Å²) in [5, 5.41) is 6.46. The van der Waals surface area contributed by atoms with E-state index in [1.54, 1.807) is 12.1 Å². The van der Waals surface area contributed by atoms with Crippen molar-refractivity contribution < 1.29 is 13.6 Å². The average molecular weight is 279 g/mol. The van der Waals surface area contributed by atoms with Crippen LogP contribution in [0.15, 0.2) is 28.7 Å². The summed E-state index contributed by atoms with van der Waals surface area (Å²) in [5.74, 6) is -0.202. The molecule has 0 radical (unpaired) electrons. The van der Waals surface area contributed by atoms with E-state index >= 15 is 0 Å². The van der Waals surface area contributed by atoms with Crippen LogP contribution in [0.3, 0.4) is 0 Å². The van der Waals surface area contributed by atoms with Gasteiger partial charge in [-0.25, -0.2) is 9.49 Å². The molecule has 0 spiro atoms. The highest BCUT2D eigenvalue weighted by atomic mass is 32.1. The van der Waals surface area contributed by atoms with Crippen LogP contribution in [-0.2, 0) is 4.79 Å². The molecule has 0 saturated carbocycles. The van der Waals surface area contributed by atoms with Gasteiger partial charge in [-0.1, -0.05) is 6.07 Å². The minimum absolute atomic E-state index is 0.0836. The Morgan fingerprint density at radius 3 is 3.05 bits per heavy atom. The highest BCUT2D eigenvalue weighted by Gasteiger charge is 2.34. The number of hydrogen-bond donors (Lipinski definition) is 1. The SMILES string of the molecule is O=C1CC(c2n[nH]c(=S)o2)CN1c1cccc(F)c1. The number of hydrogen-bond acceptors (Lipinski definition) is 4. The lowest BCUT2D eigenvalue weighted by Crippen LogP contribution is -2.24. The number of nitrogens with zero attached hydrogens (tertiary/aromatic N) is 2. The van der Waals surface area contributed by atoms with Gasteiger partial charge in [-0.3, -0.25) is 4.79 Å². The molecular formula is C12H10FN3O2S. The van der Waals surface area contributed by atoms with Crippen LogP contribution in [0.4, 0.5) is 10.1 Å². The lowest BCUT2D eigenvalue weighted by molar-refractivity contribution is -0.117. The molecule has 1 N–H and O–H groups in total. The second-order valence-electron chi connectivity index (χ2n) is 4.34. The fourth-order valence-corrected chi connectivity index (χ4v) is 2.31.